The largest absolute Gasteiger partial charge is 0.455 e. The lowest BCUT2D eigenvalue weighted by atomic mass is 9.43. The summed E-state index contributed by atoms with van der Waals surface area (Å²) in [6.45, 7) is 28.5. The minimum Gasteiger partial charge on any atom is -0.455 e. The van der Waals surface area contributed by atoms with Gasteiger partial charge in [0.1, 0.15) is 65.6 Å². The number of rotatable bonds is 12. The van der Waals surface area contributed by atoms with Crippen LogP contribution >= 0.6 is 23.2 Å². The van der Waals surface area contributed by atoms with Gasteiger partial charge in [0.2, 0.25) is 0 Å². The van der Waals surface area contributed by atoms with E-state index in [9.17, 15) is 99.0 Å². The number of ketones is 1. The van der Waals surface area contributed by atoms with Crippen molar-refractivity contribution in [3.63, 3.8) is 0 Å². The quantitative estimate of drug-likeness (QED) is 0.0369. The molecular weight excluding hydrogens is 1720 g/mol. The molecule has 12 aliphatic rings. The number of ether oxygens (including phenoxy) is 12. The van der Waals surface area contributed by atoms with Crippen LogP contribution in [-0.2, 0) is 90.4 Å². The number of hydrogen-bond acceptors (Lipinski definition) is 32. The summed E-state index contributed by atoms with van der Waals surface area (Å²) in [4.78, 5) is 131. The average molecular weight is 1850 g/mol. The fourth-order valence-corrected chi connectivity index (χ4v) is 24.5. The highest BCUT2D eigenvalue weighted by Gasteiger charge is 2.82. The Morgan fingerprint density at radius 3 is 1.00 bits per heavy atom. The van der Waals surface area contributed by atoms with E-state index in [1.165, 1.54) is 53.7 Å². The monoisotopic (exact) mass is 1840 g/mol. The summed E-state index contributed by atoms with van der Waals surface area (Å²) >= 11 is 9.53. The number of Topliss-reactive ketones (excluding diaryl/α,β-unsaturated/α-hetero) is 1. The number of benzene rings is 3. The van der Waals surface area contributed by atoms with Gasteiger partial charge in [0.15, 0.2) is 40.9 Å². The normalized spacial score (nSPS) is 40.7. The average Bonchev–Trinajstić information content (AvgIpc) is 0.676. The topological polar surface area (TPSA) is 484 Å². The summed E-state index contributed by atoms with van der Waals surface area (Å²) < 4.78 is 71.4. The summed E-state index contributed by atoms with van der Waals surface area (Å²) in [7, 11) is 0. The van der Waals surface area contributed by atoms with Gasteiger partial charge in [-0.15, -0.1) is 23.2 Å². The molecule has 0 spiro atoms. The van der Waals surface area contributed by atoms with Crippen LogP contribution in [0.1, 0.15) is 201 Å². The Labute approximate surface area is 758 Å². The molecule has 0 amide bonds. The molecule has 3 aromatic rings. The van der Waals surface area contributed by atoms with Crippen LogP contribution in [-0.4, -0.2) is 267 Å². The van der Waals surface area contributed by atoms with Gasteiger partial charge in [-0.25, -0.2) is 14.4 Å². The van der Waals surface area contributed by atoms with Gasteiger partial charge in [0.05, 0.1) is 95.5 Å². The van der Waals surface area contributed by atoms with Gasteiger partial charge < -0.3 is 108 Å². The molecule has 6 saturated carbocycles. The van der Waals surface area contributed by atoms with Crippen LogP contribution in [0.25, 0.3) is 0 Å². The molecule has 34 heteroatoms. The Bertz CT molecular complexity index is 4760. The Balaban J connectivity index is 0.000000173. The highest BCUT2D eigenvalue weighted by Crippen LogP contribution is 2.70. The highest BCUT2D eigenvalue weighted by molar-refractivity contribution is 6.40. The van der Waals surface area contributed by atoms with Crippen molar-refractivity contribution in [2.75, 3.05) is 25.2 Å². The maximum atomic E-state index is 14.8. The van der Waals surface area contributed by atoms with Gasteiger partial charge in [-0.1, -0.05) is 117 Å². The van der Waals surface area contributed by atoms with E-state index < -0.39 is 241 Å². The van der Waals surface area contributed by atoms with Crippen LogP contribution in [0.5, 0.6) is 0 Å². The van der Waals surface area contributed by atoms with Gasteiger partial charge in [0.25, 0.3) is 0 Å². The third-order valence-electron chi connectivity index (χ3n) is 31.6. The molecule has 708 valence electrons. The second kappa shape index (κ2) is 35.7. The third-order valence-corrected chi connectivity index (χ3v) is 31.6. The first kappa shape index (κ1) is 99.8. The number of esters is 9. The van der Waals surface area contributed by atoms with Crippen molar-refractivity contribution in [3.8, 4) is 0 Å². The van der Waals surface area contributed by atoms with Crippen molar-refractivity contribution in [2.45, 2.75) is 301 Å². The summed E-state index contributed by atoms with van der Waals surface area (Å²) in [5.41, 5.74) is -17.0. The summed E-state index contributed by atoms with van der Waals surface area (Å²) in [5.74, 6) is -11.2. The molecule has 0 radical (unpaired) electrons. The van der Waals surface area contributed by atoms with Crippen molar-refractivity contribution in [1.29, 1.82) is 0 Å². The van der Waals surface area contributed by atoms with Crippen molar-refractivity contribution < 1.29 is 156 Å². The second-order valence-electron chi connectivity index (χ2n) is 39.2. The van der Waals surface area contributed by atoms with Crippen LogP contribution in [0.3, 0.4) is 0 Å². The number of aliphatic hydroxyl groups excluding tert-OH is 7. The van der Waals surface area contributed by atoms with E-state index in [4.69, 9.17) is 80.0 Å². The molecule has 15 rings (SSSR count). The molecule has 3 saturated heterocycles. The lowest BCUT2D eigenvalue weighted by Crippen LogP contribution is -2.82. The number of halogens is 2. The van der Waals surface area contributed by atoms with Gasteiger partial charge in [-0.2, -0.15) is 0 Å². The van der Waals surface area contributed by atoms with Crippen LogP contribution in [0.4, 0.5) is 0 Å². The number of carbonyl (C=O) groups excluding carboxylic acids is 10. The zero-order valence-electron chi connectivity index (χ0n) is 76.0. The van der Waals surface area contributed by atoms with Crippen molar-refractivity contribution in [3.05, 3.63) is 141 Å². The van der Waals surface area contributed by atoms with Crippen LogP contribution in [0, 0.1) is 56.2 Å². The van der Waals surface area contributed by atoms with E-state index in [1.54, 1.807) is 155 Å². The van der Waals surface area contributed by atoms with Gasteiger partial charge in [-0.05, 0) is 110 Å². The minimum atomic E-state index is -2.11. The Morgan fingerprint density at radius 2 is 0.682 bits per heavy atom. The molecule has 32 nitrogen and oxygen atoms in total. The molecule has 3 heterocycles. The van der Waals surface area contributed by atoms with E-state index in [0.717, 1.165) is 6.92 Å². The number of hydrogen-bond donors (Lipinski definition) is 10. The summed E-state index contributed by atoms with van der Waals surface area (Å²) in [6, 6.07) is 24.5. The van der Waals surface area contributed by atoms with Crippen LogP contribution < -0.4 is 0 Å². The van der Waals surface area contributed by atoms with Crippen molar-refractivity contribution in [2.24, 2.45) is 56.2 Å². The first-order chi connectivity index (χ1) is 60.0. The third kappa shape index (κ3) is 15.8. The summed E-state index contributed by atoms with van der Waals surface area (Å²) in [6.07, 6.45) is -21.3. The standard InChI is InChI=1S/C32H42O10.C31H40O11.C31H38O11.CH2Cl2/c1-16-13-22-31(15-39-22,42-19(4)34)25-27(41-28(37)20-11-9-8-10-12-20)32(38)14-21(35)17(2)23(29(32,5)6)24(40-18(3)33)26(36)30(16,25)7;2*1-15-19(34)13-31(38)26(41-27(37)18-10-8-7-9-11-18)24-29(6,20(35)12-21-30(24,14-39-21)42-17(3)33)25(36)23(40-16(2)32)22(15)28(31,4)5;2-1-3/h8-12,16,21-22,24-27,35-36,38H,13-15H2,1-7H3;7-11,19-21,23-26,34-36,38H,12-14H2,1-6H3;7-11,19-21,23-24,26,34-35,38H,12-14H2,1-6H3;1H2. The smallest absolute Gasteiger partial charge is 0.338 e. The SMILES string of the molecule is CC(=O)OC1C(=O)C2(C)C(O)CC3OCC3(OC(C)=O)C2C(OC(=O)c2ccccc2)C2(O)CC(O)C(C)=C1C2(C)C.CC(=O)OC1C2=C(C)C(O)CC(O)(C(OC(=O)c3ccccc3)C3C4(OC(C)=O)COC4CC(C)C3(C)C1O)C2(C)C.CC(=O)OC1C2=C(C)C(O)CC(O)(C(OC(=O)c3ccccc3)C3C4(OC(C)=O)COC4CC(O)C3(C)C1O)C2(C)C.ClCCl. The summed E-state index contributed by atoms with van der Waals surface area (Å²) in [5, 5.41) is 121. The fourth-order valence-electron chi connectivity index (χ4n) is 24.5. The van der Waals surface area contributed by atoms with Gasteiger partial charge in [0, 0.05) is 101 Å². The number of fused-ring (bicyclic) bond motifs is 15. The zero-order chi connectivity index (χ0) is 95.7. The van der Waals surface area contributed by atoms with E-state index in [1.807, 2.05) is 6.92 Å². The molecule has 10 N–H and O–H groups in total. The molecule has 129 heavy (non-hydrogen) atoms. The van der Waals surface area contributed by atoms with E-state index in [0.29, 0.717) is 28.7 Å². The van der Waals surface area contributed by atoms with Crippen molar-refractivity contribution in [1.82, 2.24) is 0 Å². The lowest BCUT2D eigenvalue weighted by molar-refractivity contribution is -0.365. The first-order valence-electron chi connectivity index (χ1n) is 43.4. The Kier molecular flexibility index (Phi) is 27.6. The van der Waals surface area contributed by atoms with Crippen molar-refractivity contribution >= 4 is 82.7 Å². The van der Waals surface area contributed by atoms with Gasteiger partial charge >= 0.3 is 53.7 Å². The number of aliphatic hydroxyl groups is 10. The van der Waals surface area contributed by atoms with Crippen LogP contribution in [0.2, 0.25) is 0 Å². The van der Waals surface area contributed by atoms with E-state index >= 15 is 0 Å². The Morgan fingerprint density at radius 1 is 0.395 bits per heavy atom. The molecule has 3 aromatic carbocycles. The molecule has 9 aliphatic carbocycles. The molecule has 29 unspecified atom stereocenters. The predicted octanol–water partition coefficient (Wildman–Crippen LogP) is 7.24. The number of alkyl halides is 2. The minimum absolute atomic E-state index is 0.0463. The maximum Gasteiger partial charge on any atom is 0.338 e. The first-order valence-corrected chi connectivity index (χ1v) is 44.5. The van der Waals surface area contributed by atoms with E-state index in [-0.39, 0.29) is 91.0 Å². The lowest BCUT2D eigenvalue weighted by Gasteiger charge is -2.69. The fraction of sp³-hybridized carbons (Fsp3) is 0.642. The molecule has 6 bridgehead atoms. The Hall–Kier alpha value is -8.16. The van der Waals surface area contributed by atoms with Gasteiger partial charge in [-0.3, -0.25) is 33.6 Å². The second-order valence-corrected chi connectivity index (χ2v) is 40.0. The zero-order valence-corrected chi connectivity index (χ0v) is 77.5. The molecular formula is C95H122Cl2O32. The van der Waals surface area contributed by atoms with E-state index in [2.05, 4.69) is 0 Å². The predicted molar refractivity (Wildman–Crippen MR) is 456 cm³/mol. The maximum absolute atomic E-state index is 14.8. The molecule has 9 fully saturated rings. The molecule has 29 atom stereocenters. The molecule has 0 aromatic heterocycles. The molecule has 3 aliphatic heterocycles. The number of carbonyl (C=O) groups is 10. The highest BCUT2D eigenvalue weighted by atomic mass is 35.5. The van der Waals surface area contributed by atoms with Crippen LogP contribution in [0.15, 0.2) is 124 Å².